The van der Waals surface area contributed by atoms with Crippen LogP contribution in [-0.2, 0) is 24.2 Å². The van der Waals surface area contributed by atoms with Crippen LogP contribution in [0.3, 0.4) is 0 Å². The summed E-state index contributed by atoms with van der Waals surface area (Å²) in [6, 6.07) is 28.3. The number of nitrogens with zero attached hydrogens (tertiary/aromatic N) is 3. The molecule has 3 aromatic carbocycles. The summed E-state index contributed by atoms with van der Waals surface area (Å²) in [4.78, 5) is 18.5. The number of benzene rings is 3. The Morgan fingerprint density at radius 1 is 1.05 bits per heavy atom. The second-order valence-electron chi connectivity index (χ2n) is 9.54. The molecule has 200 valence electrons. The summed E-state index contributed by atoms with van der Waals surface area (Å²) in [5.41, 5.74) is 5.11. The number of ether oxygens (including phenoxy) is 1. The summed E-state index contributed by atoms with van der Waals surface area (Å²) in [6.45, 7) is 0.350. The molecule has 0 aliphatic heterocycles. The Kier molecular flexibility index (Phi) is 10.2. The zero-order valence-electron chi connectivity index (χ0n) is 22.3. The molecule has 1 heterocycles. The summed E-state index contributed by atoms with van der Waals surface area (Å²) < 4.78 is 6.15. The normalized spacial score (nSPS) is 11.6. The molecule has 1 atom stereocenters. The minimum Gasteiger partial charge on any atom is -0.487 e. The molecule has 4 rings (SSSR count). The molecule has 0 bridgehead atoms. The van der Waals surface area contributed by atoms with E-state index >= 15 is 0 Å². The standard InChI is InChI=1S/C32H32ClN3O2S/c1-36(2)32(37)17-19-39-31(15-12-23-6-3-4-7-24(23)16-18-34)26-8-5-9-29(20-26)38-22-28-14-11-25-10-13-27(33)21-30(25)35-28/h3-11,13-14,20-21,31H,12,15-17,19,22H2,1-2H3. The van der Waals surface area contributed by atoms with Crippen molar-refractivity contribution in [3.05, 3.63) is 106 Å². The van der Waals surface area contributed by atoms with Crippen molar-refractivity contribution in [2.45, 2.75) is 37.5 Å². The van der Waals surface area contributed by atoms with Crippen molar-refractivity contribution in [3.63, 3.8) is 0 Å². The van der Waals surface area contributed by atoms with Crippen LogP contribution >= 0.6 is 23.4 Å². The highest BCUT2D eigenvalue weighted by Crippen LogP contribution is 2.36. The SMILES string of the molecule is CN(C)C(=O)CCSC(CCc1ccccc1CC#N)c1cccc(OCc2ccc3ccc(Cl)cc3n2)c1. The molecule has 1 unspecified atom stereocenters. The van der Waals surface area contributed by atoms with E-state index in [1.165, 1.54) is 5.56 Å². The number of pyridine rings is 1. The molecule has 0 aliphatic rings. The van der Waals surface area contributed by atoms with E-state index in [1.807, 2.05) is 60.7 Å². The van der Waals surface area contributed by atoms with Gasteiger partial charge in [0.2, 0.25) is 5.91 Å². The maximum Gasteiger partial charge on any atom is 0.222 e. The molecule has 1 amide bonds. The highest BCUT2D eigenvalue weighted by Gasteiger charge is 2.16. The Morgan fingerprint density at radius 2 is 1.85 bits per heavy atom. The molecule has 7 heteroatoms. The number of rotatable bonds is 12. The molecule has 1 aromatic heterocycles. The van der Waals surface area contributed by atoms with Gasteiger partial charge >= 0.3 is 0 Å². The predicted molar refractivity (Wildman–Crippen MR) is 160 cm³/mol. The van der Waals surface area contributed by atoms with E-state index in [9.17, 15) is 10.1 Å². The topological polar surface area (TPSA) is 66.2 Å². The molecule has 0 radical (unpaired) electrons. The van der Waals surface area contributed by atoms with E-state index in [-0.39, 0.29) is 11.2 Å². The van der Waals surface area contributed by atoms with Gasteiger partial charge in [-0.15, -0.1) is 0 Å². The maximum absolute atomic E-state index is 12.2. The van der Waals surface area contributed by atoms with Gasteiger partial charge in [0.25, 0.3) is 0 Å². The zero-order valence-corrected chi connectivity index (χ0v) is 23.8. The molecular formula is C32H32ClN3O2S. The van der Waals surface area contributed by atoms with E-state index < -0.39 is 0 Å². The number of hydrogen-bond acceptors (Lipinski definition) is 5. The fourth-order valence-electron chi connectivity index (χ4n) is 4.38. The molecule has 0 spiro atoms. The van der Waals surface area contributed by atoms with E-state index in [0.29, 0.717) is 24.5 Å². The number of amides is 1. The number of carbonyl (C=O) groups excluding carboxylic acids is 1. The van der Waals surface area contributed by atoms with Crippen molar-refractivity contribution in [2.75, 3.05) is 19.8 Å². The van der Waals surface area contributed by atoms with E-state index in [0.717, 1.165) is 52.1 Å². The van der Waals surface area contributed by atoms with E-state index in [1.54, 1.807) is 30.8 Å². The average Bonchev–Trinajstić information content (AvgIpc) is 2.94. The van der Waals surface area contributed by atoms with Gasteiger partial charge in [0.05, 0.1) is 23.7 Å². The summed E-state index contributed by atoms with van der Waals surface area (Å²) >= 11 is 7.93. The number of halogens is 1. The summed E-state index contributed by atoms with van der Waals surface area (Å²) in [7, 11) is 3.58. The van der Waals surface area contributed by atoms with E-state index in [2.05, 4.69) is 24.3 Å². The Labute approximate surface area is 239 Å². The van der Waals surface area contributed by atoms with Gasteiger partial charge in [-0.1, -0.05) is 60.1 Å². The molecule has 0 N–H and O–H groups in total. The van der Waals surface area contributed by atoms with Gasteiger partial charge < -0.3 is 9.64 Å². The minimum absolute atomic E-state index is 0.127. The second kappa shape index (κ2) is 14.0. The van der Waals surface area contributed by atoms with Crippen LogP contribution in [0.1, 0.15) is 40.5 Å². The van der Waals surface area contributed by atoms with Crippen LogP contribution in [0.2, 0.25) is 5.02 Å². The Balaban J connectivity index is 1.48. The average molecular weight is 558 g/mol. The number of aromatic nitrogens is 1. The lowest BCUT2D eigenvalue weighted by molar-refractivity contribution is -0.128. The first-order chi connectivity index (χ1) is 18.9. The summed E-state index contributed by atoms with van der Waals surface area (Å²) in [5, 5.41) is 11.1. The van der Waals surface area contributed by atoms with Gasteiger partial charge in [-0.2, -0.15) is 17.0 Å². The first-order valence-electron chi connectivity index (χ1n) is 13.0. The third-order valence-corrected chi connectivity index (χ3v) is 8.11. The Hall–Kier alpha value is -3.53. The Bertz CT molecular complexity index is 1470. The van der Waals surface area contributed by atoms with Gasteiger partial charge in [0.15, 0.2) is 0 Å². The lowest BCUT2D eigenvalue weighted by Crippen LogP contribution is -2.21. The second-order valence-corrected chi connectivity index (χ2v) is 11.3. The predicted octanol–water partition coefficient (Wildman–Crippen LogP) is 7.42. The van der Waals surface area contributed by atoms with E-state index in [4.69, 9.17) is 21.3 Å². The third kappa shape index (κ3) is 8.23. The van der Waals surface area contributed by atoms with Gasteiger partial charge in [-0.05, 0) is 59.9 Å². The molecule has 39 heavy (non-hydrogen) atoms. The largest absolute Gasteiger partial charge is 0.487 e. The number of carbonyl (C=O) groups is 1. The van der Waals surface area contributed by atoms with Gasteiger partial charge in [-0.25, -0.2) is 4.98 Å². The molecule has 0 fully saturated rings. The highest BCUT2D eigenvalue weighted by molar-refractivity contribution is 7.99. The first-order valence-corrected chi connectivity index (χ1v) is 14.4. The maximum atomic E-state index is 12.2. The number of nitriles is 1. The monoisotopic (exact) mass is 557 g/mol. The molecular weight excluding hydrogens is 526 g/mol. The van der Waals surface area contributed by atoms with Crippen LogP contribution in [0.5, 0.6) is 5.75 Å². The number of aryl methyl sites for hydroxylation is 1. The first kappa shape index (κ1) is 28.5. The van der Waals surface area contributed by atoms with Crippen LogP contribution in [0.4, 0.5) is 0 Å². The number of thioether (sulfide) groups is 1. The van der Waals surface area contributed by atoms with Crippen molar-refractivity contribution >= 4 is 40.2 Å². The van der Waals surface area contributed by atoms with Crippen LogP contribution in [0, 0.1) is 11.3 Å². The Morgan fingerprint density at radius 3 is 2.64 bits per heavy atom. The third-order valence-electron chi connectivity index (χ3n) is 6.53. The number of hydrogen-bond donors (Lipinski definition) is 0. The molecule has 0 saturated carbocycles. The molecule has 4 aromatic rings. The van der Waals surface area contributed by atoms with Crippen LogP contribution in [0.25, 0.3) is 10.9 Å². The van der Waals surface area contributed by atoms with Crippen molar-refractivity contribution in [1.29, 1.82) is 5.26 Å². The van der Waals surface area contributed by atoms with Crippen LogP contribution in [0.15, 0.2) is 78.9 Å². The fraction of sp³-hybridized carbons (Fsp3) is 0.281. The smallest absolute Gasteiger partial charge is 0.222 e. The van der Waals surface area contributed by atoms with Crippen LogP contribution in [-0.4, -0.2) is 35.6 Å². The van der Waals surface area contributed by atoms with Crippen molar-refractivity contribution in [3.8, 4) is 11.8 Å². The fourth-order valence-corrected chi connectivity index (χ4v) is 5.75. The zero-order chi connectivity index (χ0) is 27.6. The minimum atomic E-state index is 0.127. The summed E-state index contributed by atoms with van der Waals surface area (Å²) in [5.74, 6) is 1.64. The lowest BCUT2D eigenvalue weighted by Gasteiger charge is -2.19. The lowest BCUT2D eigenvalue weighted by atomic mass is 9.98. The molecule has 0 aliphatic carbocycles. The van der Waals surface area contributed by atoms with Gasteiger partial charge in [0, 0.05) is 41.9 Å². The molecule has 0 saturated heterocycles. The molecule has 5 nitrogen and oxygen atoms in total. The van der Waals surface area contributed by atoms with Crippen molar-refractivity contribution in [2.24, 2.45) is 0 Å². The highest BCUT2D eigenvalue weighted by atomic mass is 35.5. The summed E-state index contributed by atoms with van der Waals surface area (Å²) in [6.07, 6.45) is 2.64. The van der Waals surface area contributed by atoms with Crippen molar-refractivity contribution < 1.29 is 9.53 Å². The van der Waals surface area contributed by atoms with Gasteiger partial charge in [-0.3, -0.25) is 4.79 Å². The number of fused-ring (bicyclic) bond motifs is 1. The van der Waals surface area contributed by atoms with Gasteiger partial charge in [0.1, 0.15) is 12.4 Å². The van der Waals surface area contributed by atoms with Crippen LogP contribution < -0.4 is 4.74 Å². The van der Waals surface area contributed by atoms with Crippen molar-refractivity contribution in [1.82, 2.24) is 9.88 Å². The quantitative estimate of drug-likeness (QED) is 0.181.